The van der Waals surface area contributed by atoms with Crippen LogP contribution < -0.4 is 10.7 Å². The molecule has 122 valence electrons. The highest BCUT2D eigenvalue weighted by molar-refractivity contribution is 6.40. The number of Topliss-reactive ketones (excluding diaryl/α,β-unsaturated/α-hetero) is 1. The highest BCUT2D eigenvalue weighted by Gasteiger charge is 2.28. The van der Waals surface area contributed by atoms with E-state index in [-0.39, 0.29) is 18.1 Å². The van der Waals surface area contributed by atoms with Gasteiger partial charge in [0.25, 0.3) is 0 Å². The van der Waals surface area contributed by atoms with Crippen molar-refractivity contribution in [3.8, 4) is 0 Å². The molecule has 1 unspecified atom stereocenters. The second-order valence-electron chi connectivity index (χ2n) is 5.01. The molecular formula is C16H19N3O4. The van der Waals surface area contributed by atoms with E-state index in [2.05, 4.69) is 15.8 Å². The molecule has 0 aliphatic carbocycles. The number of nitrogens with zero attached hydrogens (tertiary/aromatic N) is 1. The highest BCUT2D eigenvalue weighted by atomic mass is 16.5. The van der Waals surface area contributed by atoms with Crippen molar-refractivity contribution in [2.75, 3.05) is 11.9 Å². The number of ether oxygens (including phenoxy) is 1. The third kappa shape index (κ3) is 4.15. The molecule has 1 aromatic rings. The number of carbonyl (C=O) groups excluding carboxylic acids is 3. The Bertz CT molecular complexity index is 637. The zero-order chi connectivity index (χ0) is 16.8. The minimum Gasteiger partial charge on any atom is -0.462 e. The topological polar surface area (TPSA) is 96.9 Å². The van der Waals surface area contributed by atoms with Gasteiger partial charge >= 0.3 is 5.97 Å². The zero-order valence-corrected chi connectivity index (χ0v) is 13.1. The second kappa shape index (κ2) is 7.53. The first-order valence-electron chi connectivity index (χ1n) is 7.48. The second-order valence-corrected chi connectivity index (χ2v) is 5.01. The van der Waals surface area contributed by atoms with Crippen LogP contribution in [0.1, 0.15) is 37.0 Å². The van der Waals surface area contributed by atoms with Crippen molar-refractivity contribution >= 4 is 29.1 Å². The van der Waals surface area contributed by atoms with Crippen LogP contribution in [0.2, 0.25) is 0 Å². The highest BCUT2D eigenvalue weighted by Crippen LogP contribution is 2.13. The van der Waals surface area contributed by atoms with Crippen LogP contribution >= 0.6 is 0 Å². The maximum Gasteiger partial charge on any atom is 0.338 e. The molecule has 0 spiro atoms. The van der Waals surface area contributed by atoms with Crippen LogP contribution in [-0.2, 0) is 14.3 Å². The molecule has 7 heteroatoms. The Labute approximate surface area is 134 Å². The SMILES string of the molecule is CCOC(=O)c1ccc(NC(=O)C2CC(C(=O)CC)=NN2)cc1. The molecular weight excluding hydrogens is 298 g/mol. The normalized spacial score (nSPS) is 16.3. The lowest BCUT2D eigenvalue weighted by Gasteiger charge is -2.11. The smallest absolute Gasteiger partial charge is 0.338 e. The molecule has 7 nitrogen and oxygen atoms in total. The number of esters is 1. The van der Waals surface area contributed by atoms with E-state index in [1.165, 1.54) is 0 Å². The predicted octanol–water partition coefficient (Wildman–Crippen LogP) is 1.50. The Morgan fingerprint density at radius 1 is 1.26 bits per heavy atom. The molecule has 1 aromatic carbocycles. The number of rotatable bonds is 6. The monoisotopic (exact) mass is 317 g/mol. The Morgan fingerprint density at radius 3 is 2.57 bits per heavy atom. The van der Waals surface area contributed by atoms with Gasteiger partial charge in [-0.2, -0.15) is 5.10 Å². The summed E-state index contributed by atoms with van der Waals surface area (Å²) in [5.74, 6) is -0.748. The number of benzene rings is 1. The first-order chi connectivity index (χ1) is 11.0. The zero-order valence-electron chi connectivity index (χ0n) is 13.1. The quantitative estimate of drug-likeness (QED) is 0.775. The summed E-state index contributed by atoms with van der Waals surface area (Å²) in [4.78, 5) is 35.2. The fraction of sp³-hybridized carbons (Fsp3) is 0.375. The lowest BCUT2D eigenvalue weighted by atomic mass is 10.1. The molecule has 2 N–H and O–H groups in total. The van der Waals surface area contributed by atoms with Crippen LogP contribution in [-0.4, -0.2) is 36.0 Å². The van der Waals surface area contributed by atoms with E-state index < -0.39 is 12.0 Å². The van der Waals surface area contributed by atoms with Crippen molar-refractivity contribution in [2.45, 2.75) is 32.7 Å². The molecule has 1 aliphatic heterocycles. The van der Waals surface area contributed by atoms with Gasteiger partial charge in [-0.05, 0) is 31.2 Å². The van der Waals surface area contributed by atoms with Gasteiger partial charge in [-0.1, -0.05) is 6.92 Å². The van der Waals surface area contributed by atoms with E-state index in [0.29, 0.717) is 30.0 Å². The Morgan fingerprint density at radius 2 is 1.96 bits per heavy atom. The van der Waals surface area contributed by atoms with E-state index in [4.69, 9.17) is 4.74 Å². The Balaban J connectivity index is 1.91. The van der Waals surface area contributed by atoms with E-state index in [1.54, 1.807) is 38.1 Å². The number of amides is 1. The van der Waals surface area contributed by atoms with Crippen molar-refractivity contribution in [1.29, 1.82) is 0 Å². The Kier molecular flexibility index (Phi) is 5.46. The van der Waals surface area contributed by atoms with Crippen LogP contribution in [0.15, 0.2) is 29.4 Å². The number of hydrazone groups is 1. The molecule has 23 heavy (non-hydrogen) atoms. The Hall–Kier alpha value is -2.70. The largest absolute Gasteiger partial charge is 0.462 e. The average molecular weight is 317 g/mol. The average Bonchev–Trinajstić information content (AvgIpc) is 3.05. The number of ketones is 1. The molecule has 2 rings (SSSR count). The van der Waals surface area contributed by atoms with Crippen molar-refractivity contribution in [3.63, 3.8) is 0 Å². The van der Waals surface area contributed by atoms with Crippen molar-refractivity contribution in [2.24, 2.45) is 5.10 Å². The van der Waals surface area contributed by atoms with Gasteiger partial charge in [0.15, 0.2) is 5.78 Å². The van der Waals surface area contributed by atoms with Crippen LogP contribution in [0.5, 0.6) is 0 Å². The summed E-state index contributed by atoms with van der Waals surface area (Å²) in [6, 6.07) is 5.84. The third-order valence-electron chi connectivity index (χ3n) is 3.38. The van der Waals surface area contributed by atoms with Crippen LogP contribution in [0.3, 0.4) is 0 Å². The van der Waals surface area contributed by atoms with Crippen LogP contribution in [0, 0.1) is 0 Å². The van der Waals surface area contributed by atoms with Gasteiger partial charge in [0.05, 0.1) is 12.2 Å². The van der Waals surface area contributed by atoms with E-state index in [9.17, 15) is 14.4 Å². The summed E-state index contributed by atoms with van der Waals surface area (Å²) < 4.78 is 4.89. The lowest BCUT2D eigenvalue weighted by molar-refractivity contribution is -0.117. The first kappa shape index (κ1) is 16.7. The van der Waals surface area contributed by atoms with E-state index in [0.717, 1.165) is 0 Å². The van der Waals surface area contributed by atoms with Gasteiger partial charge in [0.1, 0.15) is 11.8 Å². The molecule has 0 bridgehead atoms. The maximum absolute atomic E-state index is 12.1. The van der Waals surface area contributed by atoms with Crippen molar-refractivity contribution < 1.29 is 19.1 Å². The van der Waals surface area contributed by atoms with Crippen molar-refractivity contribution in [1.82, 2.24) is 5.43 Å². The molecule has 1 heterocycles. The number of nitrogens with one attached hydrogen (secondary N) is 2. The summed E-state index contributed by atoms with van der Waals surface area (Å²) in [6.45, 7) is 3.80. The van der Waals surface area contributed by atoms with Gasteiger partial charge in [-0.3, -0.25) is 15.0 Å². The summed E-state index contributed by atoms with van der Waals surface area (Å²) >= 11 is 0. The van der Waals surface area contributed by atoms with Gasteiger partial charge in [0, 0.05) is 18.5 Å². The molecule has 0 saturated carbocycles. The standard InChI is InChI=1S/C16H19N3O4/c1-3-14(20)12-9-13(19-18-12)15(21)17-11-7-5-10(6-8-11)16(22)23-4-2/h5-8,13,19H,3-4,9H2,1-2H3,(H,17,21). The number of anilines is 1. The summed E-state index contributed by atoms with van der Waals surface area (Å²) in [6.07, 6.45) is 0.642. The number of hydrogen-bond acceptors (Lipinski definition) is 6. The molecule has 1 amide bonds. The minimum atomic E-state index is -0.565. The lowest BCUT2D eigenvalue weighted by Crippen LogP contribution is -2.35. The first-order valence-corrected chi connectivity index (χ1v) is 7.48. The molecule has 0 aromatic heterocycles. The van der Waals surface area contributed by atoms with Gasteiger partial charge in [-0.25, -0.2) is 4.79 Å². The van der Waals surface area contributed by atoms with Gasteiger partial charge in [0.2, 0.25) is 5.91 Å². The maximum atomic E-state index is 12.1. The molecule has 1 atom stereocenters. The van der Waals surface area contributed by atoms with E-state index in [1.807, 2.05) is 0 Å². The van der Waals surface area contributed by atoms with Crippen molar-refractivity contribution in [3.05, 3.63) is 29.8 Å². The van der Waals surface area contributed by atoms with Crippen LogP contribution in [0.25, 0.3) is 0 Å². The molecule has 0 fully saturated rings. The molecule has 0 radical (unpaired) electrons. The summed E-state index contributed by atoms with van der Waals surface area (Å²) in [5.41, 5.74) is 4.04. The fourth-order valence-electron chi connectivity index (χ4n) is 2.11. The van der Waals surface area contributed by atoms with Gasteiger partial charge < -0.3 is 10.1 Å². The molecule has 1 aliphatic rings. The number of carbonyl (C=O) groups is 3. The third-order valence-corrected chi connectivity index (χ3v) is 3.38. The molecule has 0 saturated heterocycles. The van der Waals surface area contributed by atoms with Crippen LogP contribution in [0.4, 0.5) is 5.69 Å². The number of hydrogen-bond donors (Lipinski definition) is 2. The van der Waals surface area contributed by atoms with E-state index >= 15 is 0 Å². The predicted molar refractivity (Wildman–Crippen MR) is 85.3 cm³/mol. The summed E-state index contributed by atoms with van der Waals surface area (Å²) in [7, 11) is 0. The summed E-state index contributed by atoms with van der Waals surface area (Å²) in [5, 5.41) is 6.62. The minimum absolute atomic E-state index is 0.0633. The fourth-order valence-corrected chi connectivity index (χ4v) is 2.11. The van der Waals surface area contributed by atoms with Gasteiger partial charge in [-0.15, -0.1) is 0 Å².